The Hall–Kier alpha value is -3.09. The molecule has 9 nitrogen and oxygen atoms in total. The van der Waals surface area contributed by atoms with Crippen LogP contribution < -0.4 is 16.0 Å². The van der Waals surface area contributed by atoms with Gasteiger partial charge in [-0.2, -0.15) is 11.8 Å². The highest BCUT2D eigenvalue weighted by atomic mass is 32.2. The van der Waals surface area contributed by atoms with Crippen LogP contribution in [0, 0.1) is 29.4 Å². The lowest BCUT2D eigenvalue weighted by atomic mass is 9.83. The number of halogens is 2. The van der Waals surface area contributed by atoms with Crippen molar-refractivity contribution in [3.63, 3.8) is 0 Å². The number of amides is 3. The molecule has 0 bridgehead atoms. The second-order valence-electron chi connectivity index (χ2n) is 11.7. The average molecular weight is 637 g/mol. The molecule has 0 saturated heterocycles. The molecule has 1 aromatic heterocycles. The Morgan fingerprint density at radius 2 is 1.66 bits per heavy atom. The number of benzene rings is 1. The van der Waals surface area contributed by atoms with E-state index in [1.54, 1.807) is 26.0 Å². The number of thioether (sulfide) groups is 1. The molecule has 0 radical (unpaired) electrons. The highest BCUT2D eigenvalue weighted by Gasteiger charge is 2.39. The molecule has 0 fully saturated rings. The van der Waals surface area contributed by atoms with Crippen molar-refractivity contribution < 1.29 is 33.4 Å². The molecule has 244 valence electrons. The molecule has 1 aromatic carbocycles. The van der Waals surface area contributed by atoms with Crippen LogP contribution >= 0.6 is 11.8 Å². The minimum atomic E-state index is -1.70. The smallest absolute Gasteiger partial charge is 0.253 e. The van der Waals surface area contributed by atoms with E-state index in [4.69, 9.17) is 0 Å². The summed E-state index contributed by atoms with van der Waals surface area (Å²) >= 11 is 1.47. The van der Waals surface area contributed by atoms with Gasteiger partial charge in [0.1, 0.15) is 23.8 Å². The summed E-state index contributed by atoms with van der Waals surface area (Å²) in [6.45, 7) is 9.69. The van der Waals surface area contributed by atoms with Gasteiger partial charge in [0.25, 0.3) is 5.91 Å². The number of pyridine rings is 1. The Morgan fingerprint density at radius 1 is 0.977 bits per heavy atom. The molecule has 2 rings (SSSR count). The number of carbonyl (C=O) groups excluding carboxylic acids is 3. The monoisotopic (exact) mass is 636 g/mol. The lowest BCUT2D eigenvalue weighted by molar-refractivity contribution is -0.136. The third-order valence-electron chi connectivity index (χ3n) is 7.01. The number of aromatic nitrogens is 1. The van der Waals surface area contributed by atoms with Crippen molar-refractivity contribution in [2.24, 2.45) is 17.8 Å². The number of aliphatic hydroxyl groups is 2. The van der Waals surface area contributed by atoms with Gasteiger partial charge in [0.2, 0.25) is 11.8 Å². The Labute approximate surface area is 263 Å². The molecule has 0 saturated carbocycles. The SMILES string of the molecule is CCCCSCC(NC(=O)c1cccnc1)C(=O)N[C@@H](Cc1cc(F)cc(F)c1)[C@@H](O)[C@H](O)[C@H](C(=O)NCC(C)C)C(C)C. The zero-order chi connectivity index (χ0) is 32.8. The zero-order valence-corrected chi connectivity index (χ0v) is 26.9. The lowest BCUT2D eigenvalue weighted by Gasteiger charge is -2.34. The second-order valence-corrected chi connectivity index (χ2v) is 12.8. The molecule has 0 spiro atoms. The molecule has 1 unspecified atom stereocenters. The summed E-state index contributed by atoms with van der Waals surface area (Å²) < 4.78 is 28.2. The maximum atomic E-state index is 14.1. The van der Waals surface area contributed by atoms with E-state index in [1.807, 2.05) is 20.8 Å². The van der Waals surface area contributed by atoms with Gasteiger partial charge in [-0.05, 0) is 60.3 Å². The van der Waals surface area contributed by atoms with E-state index in [2.05, 4.69) is 20.9 Å². The first-order chi connectivity index (χ1) is 20.8. The zero-order valence-electron chi connectivity index (χ0n) is 26.1. The van der Waals surface area contributed by atoms with E-state index >= 15 is 0 Å². The Kier molecular flexibility index (Phi) is 15.7. The van der Waals surface area contributed by atoms with Crippen LogP contribution in [0.4, 0.5) is 8.78 Å². The number of hydrogen-bond donors (Lipinski definition) is 5. The van der Waals surface area contributed by atoms with Crippen molar-refractivity contribution in [2.75, 3.05) is 18.1 Å². The van der Waals surface area contributed by atoms with Crippen LogP contribution in [0.3, 0.4) is 0 Å². The van der Waals surface area contributed by atoms with Crippen molar-refractivity contribution in [3.8, 4) is 0 Å². The molecule has 3 amide bonds. The lowest BCUT2D eigenvalue weighted by Crippen LogP contribution is -2.58. The molecule has 0 aliphatic carbocycles. The van der Waals surface area contributed by atoms with Gasteiger partial charge in [0.15, 0.2) is 0 Å². The fourth-order valence-electron chi connectivity index (χ4n) is 4.62. The summed E-state index contributed by atoms with van der Waals surface area (Å²) in [7, 11) is 0. The topological polar surface area (TPSA) is 141 Å². The molecule has 44 heavy (non-hydrogen) atoms. The minimum Gasteiger partial charge on any atom is -0.390 e. The molecule has 5 atom stereocenters. The molecule has 12 heteroatoms. The summed E-state index contributed by atoms with van der Waals surface area (Å²) in [5.41, 5.74) is 0.371. The van der Waals surface area contributed by atoms with Crippen molar-refractivity contribution >= 4 is 29.5 Å². The van der Waals surface area contributed by atoms with Gasteiger partial charge >= 0.3 is 0 Å². The predicted molar refractivity (Wildman–Crippen MR) is 168 cm³/mol. The molecule has 5 N–H and O–H groups in total. The second kappa shape index (κ2) is 18.7. The molecule has 0 aliphatic heterocycles. The molecule has 1 heterocycles. The minimum absolute atomic E-state index is 0.123. The van der Waals surface area contributed by atoms with E-state index in [0.717, 1.165) is 30.7 Å². The Balaban J connectivity index is 2.38. The van der Waals surface area contributed by atoms with Gasteiger partial charge in [0.05, 0.1) is 23.6 Å². The van der Waals surface area contributed by atoms with E-state index < -0.39 is 65.5 Å². The highest BCUT2D eigenvalue weighted by Crippen LogP contribution is 2.23. The predicted octanol–water partition coefficient (Wildman–Crippen LogP) is 3.49. The summed E-state index contributed by atoms with van der Waals surface area (Å²) in [6.07, 6.45) is 1.14. The molecular weight excluding hydrogens is 590 g/mol. The summed E-state index contributed by atoms with van der Waals surface area (Å²) in [5.74, 6) is -3.67. The summed E-state index contributed by atoms with van der Waals surface area (Å²) in [4.78, 5) is 43.6. The van der Waals surface area contributed by atoms with Crippen LogP contribution in [-0.4, -0.2) is 75.3 Å². The number of unbranched alkanes of at least 4 members (excludes halogenated alkanes) is 1. The number of nitrogens with zero attached hydrogens (tertiary/aromatic N) is 1. The summed E-state index contributed by atoms with van der Waals surface area (Å²) in [5, 5.41) is 30.9. The van der Waals surface area contributed by atoms with Crippen LogP contribution in [-0.2, 0) is 16.0 Å². The third kappa shape index (κ3) is 12.1. The van der Waals surface area contributed by atoms with Crippen LogP contribution in [0.2, 0.25) is 0 Å². The van der Waals surface area contributed by atoms with Crippen molar-refractivity contribution in [1.82, 2.24) is 20.9 Å². The molecule has 2 aromatic rings. The Bertz CT molecular complexity index is 1180. The van der Waals surface area contributed by atoms with Crippen LogP contribution in [0.25, 0.3) is 0 Å². The first kappa shape index (κ1) is 37.1. The molecular formula is C32H46F2N4O5S. The highest BCUT2D eigenvalue weighted by molar-refractivity contribution is 7.99. The Morgan fingerprint density at radius 3 is 2.23 bits per heavy atom. The molecule has 0 aliphatic rings. The van der Waals surface area contributed by atoms with Gasteiger partial charge in [0, 0.05) is 30.8 Å². The fourth-order valence-corrected chi connectivity index (χ4v) is 5.75. The van der Waals surface area contributed by atoms with Crippen molar-refractivity contribution in [2.45, 2.75) is 78.2 Å². The van der Waals surface area contributed by atoms with Crippen LogP contribution in [0.15, 0.2) is 42.7 Å². The number of hydrogen-bond acceptors (Lipinski definition) is 7. The van der Waals surface area contributed by atoms with E-state index in [-0.39, 0.29) is 29.2 Å². The van der Waals surface area contributed by atoms with Gasteiger partial charge in [-0.25, -0.2) is 8.78 Å². The maximum absolute atomic E-state index is 14.1. The van der Waals surface area contributed by atoms with Crippen LogP contribution in [0.1, 0.15) is 63.4 Å². The number of nitrogens with one attached hydrogen (secondary N) is 3. The van der Waals surface area contributed by atoms with Gasteiger partial charge in [-0.15, -0.1) is 0 Å². The number of carbonyl (C=O) groups is 3. The normalized spacial score (nSPS) is 14.9. The quantitative estimate of drug-likeness (QED) is 0.158. The standard InChI is InChI=1S/C32H46F2N4O5S/c1-6-7-11-44-18-26(38-30(41)22-9-8-10-35-17-22)31(42)37-25(14-21-12-23(33)15-24(34)13-21)28(39)29(40)27(20(4)5)32(43)36-16-19(2)3/h8-10,12-13,15,17,19-20,25-29,39-40H,6-7,11,14,16,18H2,1-5H3,(H,36,43)(H,37,42)(H,38,41)/t25-,26?,27+,28+,29+/m0/s1. The first-order valence-corrected chi connectivity index (χ1v) is 16.2. The summed E-state index contributed by atoms with van der Waals surface area (Å²) in [6, 6.07) is 3.67. The average Bonchev–Trinajstić information content (AvgIpc) is 2.96. The van der Waals surface area contributed by atoms with E-state index in [9.17, 15) is 33.4 Å². The van der Waals surface area contributed by atoms with Gasteiger partial charge in [-0.1, -0.05) is 41.0 Å². The number of aliphatic hydroxyl groups excluding tert-OH is 2. The van der Waals surface area contributed by atoms with Gasteiger partial charge < -0.3 is 26.2 Å². The van der Waals surface area contributed by atoms with E-state index in [0.29, 0.717) is 12.6 Å². The van der Waals surface area contributed by atoms with Crippen molar-refractivity contribution in [3.05, 3.63) is 65.5 Å². The third-order valence-corrected chi connectivity index (χ3v) is 8.16. The maximum Gasteiger partial charge on any atom is 0.253 e. The van der Waals surface area contributed by atoms with Gasteiger partial charge in [-0.3, -0.25) is 19.4 Å². The number of rotatable bonds is 18. The largest absolute Gasteiger partial charge is 0.390 e. The first-order valence-electron chi connectivity index (χ1n) is 15.0. The van der Waals surface area contributed by atoms with Crippen LogP contribution in [0.5, 0.6) is 0 Å². The fraction of sp³-hybridized carbons (Fsp3) is 0.562. The van der Waals surface area contributed by atoms with E-state index in [1.165, 1.54) is 24.2 Å². The van der Waals surface area contributed by atoms with Crippen molar-refractivity contribution in [1.29, 1.82) is 0 Å².